The summed E-state index contributed by atoms with van der Waals surface area (Å²) in [4.78, 5) is 0. The molecule has 0 amide bonds. The highest BCUT2D eigenvalue weighted by Gasteiger charge is 2.16. The van der Waals surface area contributed by atoms with Crippen molar-refractivity contribution in [2.75, 3.05) is 0 Å². The van der Waals surface area contributed by atoms with Gasteiger partial charge in [-0.3, -0.25) is 0 Å². The molecule has 4 heteroatoms. The molecular formula is C10H12ClF2N. The van der Waals surface area contributed by atoms with Crippen molar-refractivity contribution >= 4 is 11.6 Å². The van der Waals surface area contributed by atoms with E-state index in [0.29, 0.717) is 12.0 Å². The van der Waals surface area contributed by atoms with Gasteiger partial charge in [0.1, 0.15) is 0 Å². The molecule has 0 spiro atoms. The first kappa shape index (κ1) is 11.4. The Morgan fingerprint density at radius 2 is 1.79 bits per heavy atom. The Morgan fingerprint density at radius 3 is 2.29 bits per heavy atom. The van der Waals surface area contributed by atoms with Crippen LogP contribution in [0.1, 0.15) is 19.4 Å². The number of hydrogen-bond donors (Lipinski definition) is 1. The first-order valence-electron chi connectivity index (χ1n) is 4.22. The number of benzene rings is 1. The maximum Gasteiger partial charge on any atom is 0.160 e. The van der Waals surface area contributed by atoms with Crippen molar-refractivity contribution < 1.29 is 8.78 Å². The molecule has 0 radical (unpaired) electrons. The zero-order valence-corrected chi connectivity index (χ0v) is 8.83. The minimum absolute atomic E-state index is 0.211. The van der Waals surface area contributed by atoms with Crippen LogP contribution >= 0.6 is 11.6 Å². The van der Waals surface area contributed by atoms with Crippen LogP contribution in [0.2, 0.25) is 5.02 Å². The maximum absolute atomic E-state index is 12.9. The van der Waals surface area contributed by atoms with Crippen LogP contribution < -0.4 is 5.73 Å². The van der Waals surface area contributed by atoms with Gasteiger partial charge >= 0.3 is 0 Å². The van der Waals surface area contributed by atoms with Crippen LogP contribution in [0.4, 0.5) is 8.78 Å². The van der Waals surface area contributed by atoms with E-state index in [2.05, 4.69) is 0 Å². The monoisotopic (exact) mass is 219 g/mol. The summed E-state index contributed by atoms with van der Waals surface area (Å²) in [6.07, 6.45) is 0.406. The van der Waals surface area contributed by atoms with Crippen molar-refractivity contribution in [2.24, 2.45) is 5.73 Å². The second-order valence-electron chi connectivity index (χ2n) is 4.02. The smallest absolute Gasteiger partial charge is 0.160 e. The molecule has 0 bridgehead atoms. The Bertz CT molecular complexity index is 345. The van der Waals surface area contributed by atoms with E-state index < -0.39 is 17.2 Å². The van der Waals surface area contributed by atoms with Gasteiger partial charge in [-0.05, 0) is 38.0 Å². The van der Waals surface area contributed by atoms with Gasteiger partial charge in [0.05, 0.1) is 0 Å². The number of hydrogen-bond acceptors (Lipinski definition) is 1. The van der Waals surface area contributed by atoms with Crippen LogP contribution in [0.25, 0.3) is 0 Å². The van der Waals surface area contributed by atoms with Crippen molar-refractivity contribution in [1.29, 1.82) is 0 Å². The summed E-state index contributed by atoms with van der Waals surface area (Å²) >= 11 is 5.75. The Kier molecular flexibility index (Phi) is 3.12. The summed E-state index contributed by atoms with van der Waals surface area (Å²) < 4.78 is 25.6. The third kappa shape index (κ3) is 2.93. The van der Waals surface area contributed by atoms with Gasteiger partial charge in [-0.2, -0.15) is 0 Å². The third-order valence-corrected chi connectivity index (χ3v) is 2.09. The number of nitrogens with two attached hydrogens (primary N) is 1. The fraction of sp³-hybridized carbons (Fsp3) is 0.400. The summed E-state index contributed by atoms with van der Waals surface area (Å²) in [5.41, 5.74) is 5.78. The lowest BCUT2D eigenvalue weighted by Crippen LogP contribution is -2.34. The van der Waals surface area contributed by atoms with E-state index in [1.54, 1.807) is 13.8 Å². The molecule has 78 valence electrons. The normalized spacial score (nSPS) is 11.9. The Balaban J connectivity index is 3.04. The van der Waals surface area contributed by atoms with Crippen LogP contribution in [0.15, 0.2) is 12.1 Å². The Morgan fingerprint density at radius 1 is 1.29 bits per heavy atom. The summed E-state index contributed by atoms with van der Waals surface area (Å²) in [6, 6.07) is 2.06. The van der Waals surface area contributed by atoms with E-state index in [-0.39, 0.29) is 5.02 Å². The molecule has 1 nitrogen and oxygen atoms in total. The molecule has 0 aliphatic rings. The molecule has 1 rings (SSSR count). The summed E-state index contributed by atoms with van der Waals surface area (Å²) in [5.74, 6) is -1.83. The standard InChI is InChI=1S/C10H12ClF2N/c1-10(2,14)5-6-3-8(12)9(13)4-7(6)11/h3-4H,5,14H2,1-2H3. The lowest BCUT2D eigenvalue weighted by atomic mass is 9.96. The van der Waals surface area contributed by atoms with Gasteiger partial charge in [-0.25, -0.2) is 8.78 Å². The quantitative estimate of drug-likeness (QED) is 0.761. The second kappa shape index (κ2) is 3.83. The molecule has 0 aromatic heterocycles. The van der Waals surface area contributed by atoms with E-state index in [0.717, 1.165) is 12.1 Å². The molecule has 0 fully saturated rings. The SMILES string of the molecule is CC(C)(N)Cc1cc(F)c(F)cc1Cl. The van der Waals surface area contributed by atoms with Crippen LogP contribution in [-0.2, 0) is 6.42 Å². The van der Waals surface area contributed by atoms with Gasteiger partial charge in [0.2, 0.25) is 0 Å². The first-order chi connectivity index (χ1) is 6.29. The zero-order valence-electron chi connectivity index (χ0n) is 8.07. The molecule has 1 aromatic carbocycles. The number of halogens is 3. The minimum atomic E-state index is -0.937. The summed E-state index contributed by atoms with van der Waals surface area (Å²) in [5, 5.41) is 0.211. The van der Waals surface area contributed by atoms with Gasteiger partial charge in [0, 0.05) is 10.6 Å². The highest BCUT2D eigenvalue weighted by Crippen LogP contribution is 2.23. The van der Waals surface area contributed by atoms with Crippen LogP contribution in [0.5, 0.6) is 0 Å². The second-order valence-corrected chi connectivity index (χ2v) is 4.43. The molecule has 1 aromatic rings. The molecule has 0 heterocycles. The van der Waals surface area contributed by atoms with E-state index in [1.807, 2.05) is 0 Å². The van der Waals surface area contributed by atoms with Gasteiger partial charge in [0.25, 0.3) is 0 Å². The molecule has 0 aliphatic carbocycles. The predicted molar refractivity (Wildman–Crippen MR) is 53.3 cm³/mol. The van der Waals surface area contributed by atoms with Crippen LogP contribution in [0.3, 0.4) is 0 Å². The highest BCUT2D eigenvalue weighted by molar-refractivity contribution is 6.31. The van der Waals surface area contributed by atoms with Crippen LogP contribution in [0, 0.1) is 11.6 Å². The van der Waals surface area contributed by atoms with Crippen LogP contribution in [-0.4, -0.2) is 5.54 Å². The average Bonchev–Trinajstić information content (AvgIpc) is 1.97. The molecule has 0 saturated heterocycles. The molecule has 0 aliphatic heterocycles. The van der Waals surface area contributed by atoms with Crippen molar-refractivity contribution in [2.45, 2.75) is 25.8 Å². The van der Waals surface area contributed by atoms with Crippen molar-refractivity contribution in [3.05, 3.63) is 34.4 Å². The number of rotatable bonds is 2. The fourth-order valence-corrected chi connectivity index (χ4v) is 1.41. The van der Waals surface area contributed by atoms with Gasteiger partial charge < -0.3 is 5.73 Å². The Hall–Kier alpha value is -0.670. The predicted octanol–water partition coefficient (Wildman–Crippen LogP) is 2.90. The van der Waals surface area contributed by atoms with E-state index in [1.165, 1.54) is 0 Å². The first-order valence-corrected chi connectivity index (χ1v) is 4.60. The molecule has 0 saturated carbocycles. The van der Waals surface area contributed by atoms with E-state index in [4.69, 9.17) is 17.3 Å². The average molecular weight is 220 g/mol. The lowest BCUT2D eigenvalue weighted by molar-refractivity contribution is 0.494. The molecule has 2 N–H and O–H groups in total. The Labute approximate surface area is 86.9 Å². The topological polar surface area (TPSA) is 26.0 Å². The van der Waals surface area contributed by atoms with E-state index >= 15 is 0 Å². The van der Waals surface area contributed by atoms with Crippen molar-refractivity contribution in [1.82, 2.24) is 0 Å². The molecule has 14 heavy (non-hydrogen) atoms. The largest absolute Gasteiger partial charge is 0.325 e. The van der Waals surface area contributed by atoms with E-state index in [9.17, 15) is 8.78 Å². The zero-order chi connectivity index (χ0) is 10.9. The van der Waals surface area contributed by atoms with Gasteiger partial charge in [0.15, 0.2) is 11.6 Å². The fourth-order valence-electron chi connectivity index (χ4n) is 1.19. The highest BCUT2D eigenvalue weighted by atomic mass is 35.5. The molecule has 0 atom stereocenters. The summed E-state index contributed by atoms with van der Waals surface area (Å²) in [7, 11) is 0. The third-order valence-electron chi connectivity index (χ3n) is 1.74. The van der Waals surface area contributed by atoms with Gasteiger partial charge in [-0.15, -0.1) is 0 Å². The molecular weight excluding hydrogens is 208 g/mol. The lowest BCUT2D eigenvalue weighted by Gasteiger charge is -2.19. The maximum atomic E-state index is 12.9. The minimum Gasteiger partial charge on any atom is -0.325 e. The van der Waals surface area contributed by atoms with Gasteiger partial charge in [-0.1, -0.05) is 11.6 Å². The van der Waals surface area contributed by atoms with Crippen molar-refractivity contribution in [3.8, 4) is 0 Å². The molecule has 0 unspecified atom stereocenters. The van der Waals surface area contributed by atoms with Crippen molar-refractivity contribution in [3.63, 3.8) is 0 Å². The summed E-state index contributed by atoms with van der Waals surface area (Å²) in [6.45, 7) is 3.59.